The molecule has 1 atom stereocenters. The molecular weight excluding hydrogens is 280 g/mol. The van der Waals surface area contributed by atoms with Gasteiger partial charge in [-0.15, -0.1) is 0 Å². The Morgan fingerprint density at radius 1 is 1.27 bits per heavy atom. The molecule has 1 aliphatic heterocycles. The fourth-order valence-corrected chi connectivity index (χ4v) is 2.85. The van der Waals surface area contributed by atoms with Crippen molar-refractivity contribution < 1.29 is 4.79 Å². The molecule has 0 fully saturated rings. The van der Waals surface area contributed by atoms with Crippen molar-refractivity contribution in [3.05, 3.63) is 51.3 Å². The number of nitrogens with zero attached hydrogens (tertiary/aromatic N) is 2. The second kappa shape index (κ2) is 5.19. The fourth-order valence-electron chi connectivity index (χ4n) is 2.85. The molecule has 1 aromatic heterocycles. The zero-order valence-corrected chi connectivity index (χ0v) is 12.4. The molecule has 1 aliphatic rings. The van der Waals surface area contributed by atoms with Gasteiger partial charge in [0.15, 0.2) is 0 Å². The number of nitriles is 1. The Hall–Kier alpha value is -2.81. The van der Waals surface area contributed by atoms with Gasteiger partial charge in [0, 0.05) is 18.4 Å². The average molecular weight is 296 g/mol. The lowest BCUT2D eigenvalue weighted by atomic mass is 9.87. The van der Waals surface area contributed by atoms with Gasteiger partial charge in [-0.2, -0.15) is 5.26 Å². The molecular formula is C16H16N4O2. The Labute approximate surface area is 127 Å². The second-order valence-corrected chi connectivity index (χ2v) is 5.71. The lowest BCUT2D eigenvalue weighted by Gasteiger charge is -2.24. The van der Waals surface area contributed by atoms with Gasteiger partial charge in [-0.25, -0.2) is 0 Å². The van der Waals surface area contributed by atoms with Crippen LogP contribution in [-0.2, 0) is 4.79 Å². The minimum Gasteiger partial charge on any atom is -0.311 e. The molecule has 0 saturated carbocycles. The SMILES string of the molecule is CC(C)n1[nH]c(=O)c2c1NC(=O)CC2c1ccc(C#N)cc1. The van der Waals surface area contributed by atoms with Crippen LogP contribution in [0.5, 0.6) is 0 Å². The quantitative estimate of drug-likeness (QED) is 0.889. The molecule has 0 spiro atoms. The Kier molecular flexibility index (Phi) is 3.33. The first kappa shape index (κ1) is 14.1. The van der Waals surface area contributed by atoms with Crippen molar-refractivity contribution in [2.24, 2.45) is 0 Å². The maximum Gasteiger partial charge on any atom is 0.270 e. The molecule has 22 heavy (non-hydrogen) atoms. The average Bonchev–Trinajstić information content (AvgIpc) is 2.84. The molecule has 1 unspecified atom stereocenters. The zero-order valence-electron chi connectivity index (χ0n) is 12.4. The van der Waals surface area contributed by atoms with Gasteiger partial charge < -0.3 is 5.32 Å². The lowest BCUT2D eigenvalue weighted by Crippen LogP contribution is -2.27. The number of carbonyl (C=O) groups excluding carboxylic acids is 1. The van der Waals surface area contributed by atoms with Crippen molar-refractivity contribution in [2.75, 3.05) is 5.32 Å². The summed E-state index contributed by atoms with van der Waals surface area (Å²) in [5.74, 6) is 0.140. The van der Waals surface area contributed by atoms with E-state index in [1.807, 2.05) is 13.8 Å². The molecule has 112 valence electrons. The monoisotopic (exact) mass is 296 g/mol. The molecule has 2 aromatic rings. The van der Waals surface area contributed by atoms with Gasteiger partial charge in [0.1, 0.15) is 5.82 Å². The predicted octanol–water partition coefficient (Wildman–Crippen LogP) is 2.10. The van der Waals surface area contributed by atoms with Crippen LogP contribution in [0.2, 0.25) is 0 Å². The molecule has 3 rings (SSSR count). The number of hydrogen-bond acceptors (Lipinski definition) is 3. The van der Waals surface area contributed by atoms with Crippen molar-refractivity contribution in [3.8, 4) is 6.07 Å². The summed E-state index contributed by atoms with van der Waals surface area (Å²) >= 11 is 0. The Morgan fingerprint density at radius 3 is 2.55 bits per heavy atom. The smallest absolute Gasteiger partial charge is 0.270 e. The number of nitrogens with one attached hydrogen (secondary N) is 2. The number of anilines is 1. The molecule has 0 bridgehead atoms. The Bertz CT molecular complexity index is 821. The summed E-state index contributed by atoms with van der Waals surface area (Å²) < 4.78 is 1.69. The van der Waals surface area contributed by atoms with Gasteiger partial charge in [-0.05, 0) is 31.5 Å². The van der Waals surface area contributed by atoms with Crippen molar-refractivity contribution >= 4 is 11.7 Å². The van der Waals surface area contributed by atoms with Crippen LogP contribution < -0.4 is 10.9 Å². The van der Waals surface area contributed by atoms with Gasteiger partial charge in [0.2, 0.25) is 5.91 Å². The van der Waals surface area contributed by atoms with Crippen molar-refractivity contribution in [2.45, 2.75) is 32.2 Å². The largest absolute Gasteiger partial charge is 0.311 e. The summed E-state index contributed by atoms with van der Waals surface area (Å²) in [5, 5.41) is 14.5. The van der Waals surface area contributed by atoms with Gasteiger partial charge >= 0.3 is 0 Å². The molecule has 2 heterocycles. The normalized spacial score (nSPS) is 17.0. The summed E-state index contributed by atoms with van der Waals surface area (Å²) in [4.78, 5) is 24.3. The molecule has 0 radical (unpaired) electrons. The van der Waals surface area contributed by atoms with Crippen molar-refractivity contribution in [1.29, 1.82) is 5.26 Å². The third-order valence-electron chi connectivity index (χ3n) is 3.92. The first-order chi connectivity index (χ1) is 10.5. The molecule has 6 nitrogen and oxygen atoms in total. The van der Waals surface area contributed by atoms with Gasteiger partial charge in [0.25, 0.3) is 5.56 Å². The van der Waals surface area contributed by atoms with Gasteiger partial charge in [0.05, 0.1) is 17.2 Å². The van der Waals surface area contributed by atoms with Gasteiger partial charge in [-0.3, -0.25) is 19.4 Å². The van der Waals surface area contributed by atoms with E-state index in [2.05, 4.69) is 16.5 Å². The second-order valence-electron chi connectivity index (χ2n) is 5.71. The van der Waals surface area contributed by atoms with Crippen LogP contribution in [0.3, 0.4) is 0 Å². The summed E-state index contributed by atoms with van der Waals surface area (Å²) in [6, 6.07) is 9.12. The lowest BCUT2D eigenvalue weighted by molar-refractivity contribution is -0.116. The topological polar surface area (TPSA) is 90.7 Å². The van der Waals surface area contributed by atoms with Crippen LogP contribution in [0.25, 0.3) is 0 Å². The van der Waals surface area contributed by atoms with E-state index in [9.17, 15) is 9.59 Å². The van der Waals surface area contributed by atoms with Crippen molar-refractivity contribution in [3.63, 3.8) is 0 Å². The minimum atomic E-state index is -0.291. The minimum absolute atomic E-state index is 0.0384. The third kappa shape index (κ3) is 2.21. The summed E-state index contributed by atoms with van der Waals surface area (Å²) in [6.07, 6.45) is 0.226. The van der Waals surface area contributed by atoms with Gasteiger partial charge in [-0.1, -0.05) is 12.1 Å². The summed E-state index contributed by atoms with van der Waals surface area (Å²) in [5.41, 5.74) is 1.82. The highest BCUT2D eigenvalue weighted by Gasteiger charge is 2.32. The van der Waals surface area contributed by atoms with Crippen LogP contribution in [-0.4, -0.2) is 15.7 Å². The number of rotatable bonds is 2. The molecule has 6 heteroatoms. The van der Waals surface area contributed by atoms with E-state index in [-0.39, 0.29) is 29.8 Å². The van der Waals surface area contributed by atoms with Crippen LogP contribution in [0, 0.1) is 11.3 Å². The number of aromatic nitrogens is 2. The summed E-state index contributed by atoms with van der Waals surface area (Å²) in [7, 11) is 0. The van der Waals surface area contributed by atoms with Crippen LogP contribution >= 0.6 is 0 Å². The number of carbonyl (C=O) groups is 1. The van der Waals surface area contributed by atoms with E-state index in [1.165, 1.54) is 0 Å². The number of aromatic amines is 1. The first-order valence-electron chi connectivity index (χ1n) is 7.15. The number of hydrogen-bond donors (Lipinski definition) is 2. The molecule has 0 saturated heterocycles. The molecule has 2 N–H and O–H groups in total. The molecule has 0 aliphatic carbocycles. The van der Waals surface area contributed by atoms with E-state index >= 15 is 0 Å². The van der Waals surface area contributed by atoms with E-state index in [4.69, 9.17) is 5.26 Å². The standard InChI is InChI=1S/C16H16N4O2/c1-9(2)20-15-14(16(22)19-20)12(7-13(21)18-15)11-5-3-10(8-17)4-6-11/h3-6,9,12H,7H2,1-2H3,(H,18,21)(H,19,22). The van der Waals surface area contributed by atoms with Crippen LogP contribution in [0.1, 0.15) is 48.9 Å². The Morgan fingerprint density at radius 2 is 1.95 bits per heavy atom. The van der Waals surface area contributed by atoms with E-state index < -0.39 is 0 Å². The van der Waals surface area contributed by atoms with Crippen LogP contribution in [0.15, 0.2) is 29.1 Å². The van der Waals surface area contributed by atoms with E-state index in [0.717, 1.165) is 5.56 Å². The zero-order chi connectivity index (χ0) is 15.9. The number of amides is 1. The fraction of sp³-hybridized carbons (Fsp3) is 0.312. The highest BCUT2D eigenvalue weighted by molar-refractivity contribution is 5.94. The number of benzene rings is 1. The predicted molar refractivity (Wildman–Crippen MR) is 81.7 cm³/mol. The maximum absolute atomic E-state index is 12.3. The van der Waals surface area contributed by atoms with E-state index in [0.29, 0.717) is 16.9 Å². The third-order valence-corrected chi connectivity index (χ3v) is 3.92. The van der Waals surface area contributed by atoms with Crippen molar-refractivity contribution in [1.82, 2.24) is 9.78 Å². The number of fused-ring (bicyclic) bond motifs is 1. The highest BCUT2D eigenvalue weighted by atomic mass is 16.2. The summed E-state index contributed by atoms with van der Waals surface area (Å²) in [6.45, 7) is 3.88. The van der Waals surface area contributed by atoms with E-state index in [1.54, 1.807) is 28.9 Å². The van der Waals surface area contributed by atoms with Crippen LogP contribution in [0.4, 0.5) is 5.82 Å². The molecule has 1 aromatic carbocycles. The molecule has 1 amide bonds. The number of H-pyrrole nitrogens is 1. The highest BCUT2D eigenvalue weighted by Crippen LogP contribution is 2.35. The maximum atomic E-state index is 12.3. The Balaban J connectivity index is 2.13. The first-order valence-corrected chi connectivity index (χ1v) is 7.15.